The maximum atomic E-state index is 12.8. The molecule has 1 aliphatic carbocycles. The van der Waals surface area contributed by atoms with E-state index in [1.165, 1.54) is 24.3 Å². The van der Waals surface area contributed by atoms with Gasteiger partial charge in [0, 0.05) is 5.92 Å². The van der Waals surface area contributed by atoms with Gasteiger partial charge in [-0.05, 0) is 30.5 Å². The lowest BCUT2D eigenvalue weighted by Gasteiger charge is -2.18. The van der Waals surface area contributed by atoms with Crippen molar-refractivity contribution >= 4 is 11.8 Å². The van der Waals surface area contributed by atoms with E-state index in [-0.39, 0.29) is 11.8 Å². The Balaban J connectivity index is 2.10. The molecule has 100 valence electrons. The summed E-state index contributed by atoms with van der Waals surface area (Å²) in [4.78, 5) is 23.4. The molecule has 2 amide bonds. The zero-order valence-corrected chi connectivity index (χ0v) is 10.3. The fourth-order valence-corrected chi connectivity index (χ4v) is 2.07. The zero-order chi connectivity index (χ0) is 13.8. The van der Waals surface area contributed by atoms with Crippen LogP contribution in [-0.2, 0) is 9.59 Å². The van der Waals surface area contributed by atoms with Gasteiger partial charge in [0.1, 0.15) is 11.9 Å². The van der Waals surface area contributed by atoms with Gasteiger partial charge < -0.3 is 11.1 Å². The van der Waals surface area contributed by atoms with Gasteiger partial charge in [-0.1, -0.05) is 24.3 Å². The molecule has 4 nitrogen and oxygen atoms in total. The van der Waals surface area contributed by atoms with Crippen LogP contribution in [0.1, 0.15) is 24.4 Å². The summed E-state index contributed by atoms with van der Waals surface area (Å²) in [5, 5.41) is 2.62. The molecule has 1 atom stereocenters. The average molecular weight is 262 g/mol. The van der Waals surface area contributed by atoms with Gasteiger partial charge in [-0.3, -0.25) is 9.59 Å². The summed E-state index contributed by atoms with van der Waals surface area (Å²) < 4.78 is 12.8. The van der Waals surface area contributed by atoms with Crippen molar-refractivity contribution in [3.8, 4) is 0 Å². The Labute approximate surface area is 110 Å². The Morgan fingerprint density at radius 1 is 1.21 bits per heavy atom. The van der Waals surface area contributed by atoms with Crippen LogP contribution in [0.25, 0.3) is 0 Å². The molecule has 5 heteroatoms. The van der Waals surface area contributed by atoms with Crippen LogP contribution in [0, 0.1) is 11.7 Å². The van der Waals surface area contributed by atoms with Crippen molar-refractivity contribution in [3.63, 3.8) is 0 Å². The molecule has 0 heterocycles. The first-order chi connectivity index (χ1) is 9.08. The van der Waals surface area contributed by atoms with E-state index < -0.39 is 17.8 Å². The minimum absolute atomic E-state index is 0.151. The Kier molecular flexibility index (Phi) is 3.94. The third kappa shape index (κ3) is 3.19. The molecule has 0 saturated heterocycles. The van der Waals surface area contributed by atoms with E-state index >= 15 is 0 Å². The average Bonchev–Trinajstić information content (AvgIpc) is 2.90. The van der Waals surface area contributed by atoms with Crippen LogP contribution in [0.5, 0.6) is 0 Å². The number of hydrogen-bond donors (Lipinski definition) is 2. The topological polar surface area (TPSA) is 72.2 Å². The predicted molar refractivity (Wildman–Crippen MR) is 68.3 cm³/mol. The monoisotopic (exact) mass is 262 g/mol. The van der Waals surface area contributed by atoms with Crippen molar-refractivity contribution in [2.75, 3.05) is 0 Å². The largest absolute Gasteiger partial charge is 0.368 e. The molecule has 0 radical (unpaired) electrons. The van der Waals surface area contributed by atoms with E-state index in [9.17, 15) is 14.0 Å². The minimum Gasteiger partial charge on any atom is -0.368 e. The smallest absolute Gasteiger partial charge is 0.244 e. The number of amides is 2. The van der Waals surface area contributed by atoms with E-state index in [4.69, 9.17) is 5.73 Å². The molecule has 0 spiro atoms. The standard InChI is InChI=1S/C14H15FN2O2/c15-11-7-5-9(6-8-11)12(13(16)18)17-14(19)10-3-1-2-4-10/h1-2,5-8,10,12H,3-4H2,(H2,16,18)(H,17,19). The number of nitrogens with one attached hydrogen (secondary N) is 1. The SMILES string of the molecule is NC(=O)C(NC(=O)C1CC=CC1)c1ccc(F)cc1. The molecule has 0 aliphatic heterocycles. The zero-order valence-electron chi connectivity index (χ0n) is 10.3. The molecule has 1 aromatic rings. The molecule has 1 aromatic carbocycles. The number of allylic oxidation sites excluding steroid dienone is 2. The van der Waals surface area contributed by atoms with Crippen LogP contribution in [0.2, 0.25) is 0 Å². The number of primary amides is 1. The van der Waals surface area contributed by atoms with Crippen LogP contribution in [-0.4, -0.2) is 11.8 Å². The van der Waals surface area contributed by atoms with Gasteiger partial charge >= 0.3 is 0 Å². The summed E-state index contributed by atoms with van der Waals surface area (Å²) >= 11 is 0. The van der Waals surface area contributed by atoms with Crippen molar-refractivity contribution in [3.05, 3.63) is 47.8 Å². The summed E-state index contributed by atoms with van der Waals surface area (Å²) in [5.41, 5.74) is 5.77. The quantitative estimate of drug-likeness (QED) is 0.806. The maximum Gasteiger partial charge on any atom is 0.244 e. The first-order valence-electron chi connectivity index (χ1n) is 6.08. The summed E-state index contributed by atoms with van der Waals surface area (Å²) in [6.45, 7) is 0. The summed E-state index contributed by atoms with van der Waals surface area (Å²) in [6, 6.07) is 4.42. The lowest BCUT2D eigenvalue weighted by atomic mass is 10.0. The second-order valence-corrected chi connectivity index (χ2v) is 4.54. The molecular weight excluding hydrogens is 247 g/mol. The number of benzene rings is 1. The third-order valence-corrected chi connectivity index (χ3v) is 3.15. The van der Waals surface area contributed by atoms with E-state index in [0.717, 1.165) is 0 Å². The Morgan fingerprint density at radius 3 is 2.32 bits per heavy atom. The number of carbonyl (C=O) groups excluding carboxylic acids is 2. The van der Waals surface area contributed by atoms with Crippen LogP contribution in [0.4, 0.5) is 4.39 Å². The third-order valence-electron chi connectivity index (χ3n) is 3.15. The van der Waals surface area contributed by atoms with Gasteiger partial charge in [0.25, 0.3) is 0 Å². The van der Waals surface area contributed by atoms with E-state index in [0.29, 0.717) is 18.4 Å². The molecule has 1 unspecified atom stereocenters. The van der Waals surface area contributed by atoms with E-state index in [1.54, 1.807) is 0 Å². The number of halogens is 1. The summed E-state index contributed by atoms with van der Waals surface area (Å²) in [5.74, 6) is -1.43. The molecular formula is C14H15FN2O2. The second kappa shape index (κ2) is 5.65. The highest BCUT2D eigenvalue weighted by Crippen LogP contribution is 2.20. The van der Waals surface area contributed by atoms with Crippen molar-refractivity contribution in [1.29, 1.82) is 0 Å². The normalized spacial score (nSPS) is 16.3. The highest BCUT2D eigenvalue weighted by molar-refractivity contribution is 5.88. The lowest BCUT2D eigenvalue weighted by Crippen LogP contribution is -2.40. The van der Waals surface area contributed by atoms with Gasteiger partial charge in [-0.25, -0.2) is 4.39 Å². The maximum absolute atomic E-state index is 12.8. The van der Waals surface area contributed by atoms with Gasteiger partial charge in [0.2, 0.25) is 11.8 Å². The van der Waals surface area contributed by atoms with Crippen molar-refractivity contribution in [2.24, 2.45) is 11.7 Å². The molecule has 1 aliphatic rings. The van der Waals surface area contributed by atoms with Crippen molar-refractivity contribution in [2.45, 2.75) is 18.9 Å². The van der Waals surface area contributed by atoms with Gasteiger partial charge in [-0.15, -0.1) is 0 Å². The molecule has 0 saturated carbocycles. The first-order valence-corrected chi connectivity index (χ1v) is 6.08. The molecule has 2 rings (SSSR count). The van der Waals surface area contributed by atoms with Crippen LogP contribution in [0.15, 0.2) is 36.4 Å². The van der Waals surface area contributed by atoms with Crippen LogP contribution >= 0.6 is 0 Å². The second-order valence-electron chi connectivity index (χ2n) is 4.54. The number of hydrogen-bond acceptors (Lipinski definition) is 2. The van der Waals surface area contributed by atoms with Gasteiger partial charge in [-0.2, -0.15) is 0 Å². The Morgan fingerprint density at radius 2 is 1.79 bits per heavy atom. The molecule has 0 aromatic heterocycles. The van der Waals surface area contributed by atoms with Crippen LogP contribution < -0.4 is 11.1 Å². The number of nitrogens with two attached hydrogens (primary N) is 1. The summed E-state index contributed by atoms with van der Waals surface area (Å²) in [6.07, 6.45) is 5.20. The molecule has 0 bridgehead atoms. The van der Waals surface area contributed by atoms with E-state index in [1.807, 2.05) is 12.2 Å². The van der Waals surface area contributed by atoms with Crippen molar-refractivity contribution in [1.82, 2.24) is 5.32 Å². The molecule has 3 N–H and O–H groups in total. The fourth-order valence-electron chi connectivity index (χ4n) is 2.07. The summed E-state index contributed by atoms with van der Waals surface area (Å²) in [7, 11) is 0. The lowest BCUT2D eigenvalue weighted by molar-refractivity contribution is -0.129. The Hall–Kier alpha value is -2.17. The van der Waals surface area contributed by atoms with Crippen LogP contribution in [0.3, 0.4) is 0 Å². The Bertz CT molecular complexity index is 503. The highest BCUT2D eigenvalue weighted by atomic mass is 19.1. The highest BCUT2D eigenvalue weighted by Gasteiger charge is 2.25. The number of rotatable bonds is 4. The molecule has 19 heavy (non-hydrogen) atoms. The fraction of sp³-hybridized carbons (Fsp3) is 0.286. The predicted octanol–water partition coefficient (Wildman–Crippen LogP) is 1.43. The first kappa shape index (κ1) is 13.3. The van der Waals surface area contributed by atoms with Crippen molar-refractivity contribution < 1.29 is 14.0 Å². The van der Waals surface area contributed by atoms with Gasteiger partial charge in [0.15, 0.2) is 0 Å². The van der Waals surface area contributed by atoms with Gasteiger partial charge in [0.05, 0.1) is 0 Å². The minimum atomic E-state index is -0.923. The van der Waals surface area contributed by atoms with E-state index in [2.05, 4.69) is 5.32 Å². The molecule has 0 fully saturated rings. The number of carbonyl (C=O) groups is 2.